The molecule has 3 atom stereocenters. The van der Waals surface area contributed by atoms with Crippen LogP contribution in [0.1, 0.15) is 23.1 Å². The third-order valence-corrected chi connectivity index (χ3v) is 5.57. The Morgan fingerprint density at radius 2 is 1.62 bits per heavy atom. The lowest BCUT2D eigenvalue weighted by atomic mass is 9.74. The topological polar surface area (TPSA) is 60.0 Å². The normalized spacial score (nSPS) is 23.9. The van der Waals surface area contributed by atoms with Gasteiger partial charge in [-0.25, -0.2) is 4.39 Å². The van der Waals surface area contributed by atoms with Gasteiger partial charge in [-0.2, -0.15) is 4.57 Å². The number of nitrogens with one attached hydrogen (secondary N) is 2. The summed E-state index contributed by atoms with van der Waals surface area (Å²) in [6.45, 7) is 0. The van der Waals surface area contributed by atoms with E-state index in [9.17, 15) is 9.50 Å². The molecule has 1 saturated heterocycles. The van der Waals surface area contributed by atoms with Crippen molar-refractivity contribution >= 4 is 23.1 Å². The molecule has 0 bridgehead atoms. The quantitative estimate of drug-likeness (QED) is 0.271. The molecule has 0 spiro atoms. The van der Waals surface area contributed by atoms with Gasteiger partial charge in [0.05, 0.1) is 11.5 Å². The van der Waals surface area contributed by atoms with Gasteiger partial charge in [0.2, 0.25) is 11.8 Å². The average molecular weight is 404 g/mol. The Morgan fingerprint density at radius 1 is 1.00 bits per heavy atom. The van der Waals surface area contributed by atoms with E-state index in [1.165, 1.54) is 6.07 Å². The number of benzene rings is 2. The average Bonchev–Trinajstić information content (AvgIpc) is 2.75. The minimum Gasteiger partial charge on any atom is -0.362 e. The summed E-state index contributed by atoms with van der Waals surface area (Å²) < 4.78 is 16.7. The van der Waals surface area contributed by atoms with Crippen molar-refractivity contribution in [3.63, 3.8) is 0 Å². The third kappa shape index (κ3) is 3.28. The molecule has 1 aliphatic rings. The van der Waals surface area contributed by atoms with Crippen molar-refractivity contribution in [2.45, 2.75) is 17.7 Å². The maximum absolute atomic E-state index is 14.9. The van der Waals surface area contributed by atoms with E-state index in [4.69, 9.17) is 17.6 Å². The van der Waals surface area contributed by atoms with Gasteiger partial charge in [0.15, 0.2) is 12.4 Å². The zero-order valence-corrected chi connectivity index (χ0v) is 16.2. The maximum atomic E-state index is 14.9. The molecule has 1 aliphatic heterocycles. The van der Waals surface area contributed by atoms with Crippen LogP contribution in [0.15, 0.2) is 90.8 Å². The fourth-order valence-corrected chi connectivity index (χ4v) is 4.30. The SMILES string of the molecule is N=C=C1C(=S)NC(O)(c2ccccc2)C([n+]2ccccc2)C1c1ccccc1F. The molecular weight excluding hydrogens is 385 g/mol. The molecule has 1 fully saturated rings. The van der Waals surface area contributed by atoms with E-state index in [-0.39, 0.29) is 4.99 Å². The Hall–Kier alpha value is -3.18. The van der Waals surface area contributed by atoms with Crippen LogP contribution in [0.5, 0.6) is 0 Å². The molecule has 0 aliphatic carbocycles. The third-order valence-electron chi connectivity index (χ3n) is 5.25. The molecule has 29 heavy (non-hydrogen) atoms. The number of piperidine rings is 1. The highest BCUT2D eigenvalue weighted by Gasteiger charge is 2.56. The number of rotatable bonds is 3. The van der Waals surface area contributed by atoms with Crippen LogP contribution >= 0.6 is 12.2 Å². The van der Waals surface area contributed by atoms with Crippen molar-refractivity contribution in [2.24, 2.45) is 0 Å². The Bertz CT molecular complexity index is 1100. The van der Waals surface area contributed by atoms with Crippen molar-refractivity contribution in [3.8, 4) is 0 Å². The van der Waals surface area contributed by atoms with Gasteiger partial charge in [-0.1, -0.05) is 66.8 Å². The van der Waals surface area contributed by atoms with Crippen LogP contribution in [0.3, 0.4) is 0 Å². The number of hydrogen-bond donors (Lipinski definition) is 3. The number of pyridine rings is 1. The van der Waals surface area contributed by atoms with Crippen LogP contribution in [0.4, 0.5) is 4.39 Å². The van der Waals surface area contributed by atoms with E-state index in [0.717, 1.165) is 0 Å². The zero-order valence-electron chi connectivity index (χ0n) is 15.4. The van der Waals surface area contributed by atoms with E-state index >= 15 is 0 Å². The highest BCUT2D eigenvalue weighted by molar-refractivity contribution is 7.80. The lowest BCUT2D eigenvalue weighted by molar-refractivity contribution is -0.743. The summed E-state index contributed by atoms with van der Waals surface area (Å²) in [6, 6.07) is 20.3. The van der Waals surface area contributed by atoms with Crippen LogP contribution in [0, 0.1) is 11.2 Å². The number of aromatic nitrogens is 1. The lowest BCUT2D eigenvalue weighted by Gasteiger charge is -2.43. The predicted octanol–water partition coefficient (Wildman–Crippen LogP) is 3.39. The van der Waals surface area contributed by atoms with E-state index in [1.54, 1.807) is 30.3 Å². The second-order valence-electron chi connectivity index (χ2n) is 6.89. The van der Waals surface area contributed by atoms with Crippen molar-refractivity contribution in [1.29, 1.82) is 5.41 Å². The number of hydrogen-bond acceptors (Lipinski definition) is 3. The van der Waals surface area contributed by atoms with Gasteiger partial charge in [-0.3, -0.25) is 5.41 Å². The molecule has 1 aromatic heterocycles. The molecule has 0 amide bonds. The summed E-state index contributed by atoms with van der Waals surface area (Å²) in [5, 5.41) is 22.8. The van der Waals surface area contributed by atoms with Gasteiger partial charge < -0.3 is 10.4 Å². The molecule has 0 saturated carbocycles. The fraction of sp³-hybridized carbons (Fsp3) is 0.130. The minimum absolute atomic E-state index is 0.174. The highest BCUT2D eigenvalue weighted by Crippen LogP contribution is 2.46. The second-order valence-corrected chi connectivity index (χ2v) is 7.30. The largest absolute Gasteiger partial charge is 0.362 e. The first kappa shape index (κ1) is 19.2. The van der Waals surface area contributed by atoms with Gasteiger partial charge in [-0.15, -0.1) is 0 Å². The Morgan fingerprint density at radius 3 is 2.28 bits per heavy atom. The molecule has 4 rings (SSSR count). The smallest absolute Gasteiger partial charge is 0.227 e. The molecule has 6 heteroatoms. The molecular formula is C23H19FN3OS+. The number of halogens is 1. The fourth-order valence-electron chi connectivity index (χ4n) is 3.96. The molecule has 2 aromatic carbocycles. The van der Waals surface area contributed by atoms with Crippen molar-refractivity contribution in [2.75, 3.05) is 0 Å². The number of nitrogens with zero attached hydrogens (tertiary/aromatic N) is 1. The van der Waals surface area contributed by atoms with E-state index in [2.05, 4.69) is 11.2 Å². The van der Waals surface area contributed by atoms with Gasteiger partial charge in [0, 0.05) is 23.3 Å². The molecule has 3 N–H and O–H groups in total. The first-order valence-corrected chi connectivity index (χ1v) is 9.57. The summed E-state index contributed by atoms with van der Waals surface area (Å²) in [6.07, 6.45) is 3.62. The van der Waals surface area contributed by atoms with Crippen LogP contribution in [-0.2, 0) is 5.72 Å². The molecule has 3 unspecified atom stereocenters. The summed E-state index contributed by atoms with van der Waals surface area (Å²) in [7, 11) is 0. The Labute approximate surface area is 173 Å². The Balaban J connectivity index is 2.02. The molecule has 2 heterocycles. The lowest BCUT2D eigenvalue weighted by Crippen LogP contribution is -2.65. The zero-order chi connectivity index (χ0) is 20.4. The molecule has 3 aromatic rings. The van der Waals surface area contributed by atoms with Crippen molar-refractivity contribution in [3.05, 3.63) is 108 Å². The van der Waals surface area contributed by atoms with Gasteiger partial charge in [-0.05, 0) is 11.9 Å². The molecule has 4 nitrogen and oxygen atoms in total. The maximum Gasteiger partial charge on any atom is 0.227 e. The van der Waals surface area contributed by atoms with Crippen LogP contribution < -0.4 is 9.88 Å². The summed E-state index contributed by atoms with van der Waals surface area (Å²) >= 11 is 5.48. The second kappa shape index (κ2) is 7.68. The van der Waals surface area contributed by atoms with Gasteiger partial charge in [0.1, 0.15) is 10.8 Å². The summed E-state index contributed by atoms with van der Waals surface area (Å²) in [5.74, 6) is 1.24. The van der Waals surface area contributed by atoms with Gasteiger partial charge in [0.25, 0.3) is 0 Å². The van der Waals surface area contributed by atoms with Crippen LogP contribution in [-0.4, -0.2) is 16.0 Å². The van der Waals surface area contributed by atoms with Crippen LogP contribution in [0.25, 0.3) is 0 Å². The summed E-state index contributed by atoms with van der Waals surface area (Å²) in [4.78, 5) is 0.174. The van der Waals surface area contributed by atoms with Crippen molar-refractivity contribution in [1.82, 2.24) is 5.32 Å². The first-order chi connectivity index (χ1) is 14.1. The van der Waals surface area contributed by atoms with Gasteiger partial charge >= 0.3 is 0 Å². The Kier molecular flexibility index (Phi) is 5.07. The monoisotopic (exact) mass is 404 g/mol. The highest BCUT2D eigenvalue weighted by atomic mass is 32.1. The predicted molar refractivity (Wildman–Crippen MR) is 112 cm³/mol. The first-order valence-electron chi connectivity index (χ1n) is 9.16. The van der Waals surface area contributed by atoms with Crippen LogP contribution in [0.2, 0.25) is 0 Å². The van der Waals surface area contributed by atoms with Crippen molar-refractivity contribution < 1.29 is 14.1 Å². The van der Waals surface area contributed by atoms with E-state index in [1.807, 2.05) is 53.4 Å². The standard InChI is InChI=1S/C23H18FN3OS/c24-19-12-6-5-11-17(19)20-18(15-25)22(29)26-23(28,16-9-3-1-4-10-16)21(20)27-13-7-2-8-14-27/h1-14,20-21,25,28H/p+1. The van der Waals surface area contributed by atoms with E-state index in [0.29, 0.717) is 16.7 Å². The minimum atomic E-state index is -1.63. The number of aliphatic hydroxyl groups is 1. The molecule has 0 radical (unpaired) electrons. The number of thiocarbonyl (C=S) groups is 1. The molecule has 144 valence electrons. The summed E-state index contributed by atoms with van der Waals surface area (Å²) in [5.41, 5.74) is -0.361. The van der Waals surface area contributed by atoms with E-state index < -0.39 is 23.5 Å².